The fraction of sp³-hybridized carbons (Fsp3) is 0.650. The van der Waals surface area contributed by atoms with E-state index < -0.39 is 0 Å². The summed E-state index contributed by atoms with van der Waals surface area (Å²) in [4.78, 5) is 9.37. The van der Waals surface area contributed by atoms with Crippen LogP contribution in [0.15, 0.2) is 23.2 Å². The molecule has 0 saturated carbocycles. The Balaban J connectivity index is 1.87. The van der Waals surface area contributed by atoms with Gasteiger partial charge in [-0.3, -0.25) is 9.89 Å². The molecule has 1 aromatic carbocycles. The van der Waals surface area contributed by atoms with Crippen LogP contribution in [0.5, 0.6) is 11.5 Å². The number of methoxy groups -OCH3 is 2. The summed E-state index contributed by atoms with van der Waals surface area (Å²) in [7, 11) is 5.40. The fourth-order valence-corrected chi connectivity index (χ4v) is 3.03. The second kappa shape index (κ2) is 11.7. The first-order valence-electron chi connectivity index (χ1n) is 9.68. The fourth-order valence-electron chi connectivity index (χ4n) is 3.03. The monoisotopic (exact) mass is 378 g/mol. The second-order valence-electron chi connectivity index (χ2n) is 6.55. The van der Waals surface area contributed by atoms with Crippen molar-refractivity contribution < 1.29 is 14.2 Å². The molecule has 1 fully saturated rings. The number of hydrogen-bond acceptors (Lipinski definition) is 5. The second-order valence-corrected chi connectivity index (χ2v) is 6.55. The van der Waals surface area contributed by atoms with Crippen LogP contribution in [0, 0.1) is 0 Å². The lowest BCUT2D eigenvalue weighted by atomic mass is 10.1. The molecular weight excluding hydrogens is 344 g/mol. The van der Waals surface area contributed by atoms with E-state index in [-0.39, 0.29) is 0 Å². The molecule has 0 aromatic heterocycles. The Morgan fingerprint density at radius 2 is 1.96 bits per heavy atom. The van der Waals surface area contributed by atoms with E-state index in [1.54, 1.807) is 14.2 Å². The minimum absolute atomic E-state index is 0.757. The average Bonchev–Trinajstić information content (AvgIpc) is 2.71. The summed E-state index contributed by atoms with van der Waals surface area (Å²) in [5, 5.41) is 3.39. The molecule has 0 atom stereocenters. The van der Waals surface area contributed by atoms with Crippen molar-refractivity contribution in [1.29, 1.82) is 0 Å². The topological polar surface area (TPSA) is 58.6 Å². The zero-order chi connectivity index (χ0) is 19.5. The Bertz CT molecular complexity index is 589. The highest BCUT2D eigenvalue weighted by Gasteiger charge is 2.11. The van der Waals surface area contributed by atoms with E-state index in [9.17, 15) is 0 Å². The number of likely N-dealkylation sites (N-methyl/N-ethyl adjacent to an activating group) is 1. The molecule has 1 aromatic rings. The van der Waals surface area contributed by atoms with Crippen LogP contribution in [-0.2, 0) is 11.2 Å². The Labute approximate surface area is 163 Å². The van der Waals surface area contributed by atoms with Crippen molar-refractivity contribution in [3.8, 4) is 11.5 Å². The molecule has 152 valence electrons. The zero-order valence-corrected chi connectivity index (χ0v) is 17.2. The summed E-state index contributed by atoms with van der Waals surface area (Å²) in [6, 6.07) is 6.07. The smallest absolute Gasteiger partial charge is 0.193 e. The molecule has 0 amide bonds. The highest BCUT2D eigenvalue weighted by molar-refractivity contribution is 5.79. The Morgan fingerprint density at radius 1 is 1.22 bits per heavy atom. The van der Waals surface area contributed by atoms with Crippen molar-refractivity contribution in [2.45, 2.75) is 13.3 Å². The van der Waals surface area contributed by atoms with Gasteiger partial charge in [-0.25, -0.2) is 0 Å². The lowest BCUT2D eigenvalue weighted by molar-refractivity contribution is 0.0394. The van der Waals surface area contributed by atoms with Crippen LogP contribution in [-0.4, -0.2) is 89.5 Å². The van der Waals surface area contributed by atoms with Crippen LogP contribution in [0.1, 0.15) is 12.5 Å². The van der Waals surface area contributed by atoms with Crippen molar-refractivity contribution in [3.05, 3.63) is 23.8 Å². The van der Waals surface area contributed by atoms with Crippen LogP contribution in [0.25, 0.3) is 0 Å². The van der Waals surface area contributed by atoms with Crippen molar-refractivity contribution in [1.82, 2.24) is 15.1 Å². The molecule has 1 aliphatic heterocycles. The largest absolute Gasteiger partial charge is 0.493 e. The number of aliphatic imine (C=N–C) groups is 1. The van der Waals surface area contributed by atoms with Gasteiger partial charge in [0.2, 0.25) is 0 Å². The molecule has 0 bridgehead atoms. The number of rotatable bonds is 9. The van der Waals surface area contributed by atoms with Crippen molar-refractivity contribution in [3.63, 3.8) is 0 Å². The number of benzene rings is 1. The Kier molecular flexibility index (Phi) is 9.21. The van der Waals surface area contributed by atoms with E-state index >= 15 is 0 Å². The molecule has 0 spiro atoms. The lowest BCUT2D eigenvalue weighted by Gasteiger charge is -2.26. The number of ether oxygens (including phenoxy) is 3. The molecular formula is C20H34N4O3. The van der Waals surface area contributed by atoms with Gasteiger partial charge in [-0.05, 0) is 31.0 Å². The van der Waals surface area contributed by atoms with Crippen LogP contribution >= 0.6 is 0 Å². The maximum atomic E-state index is 5.39. The van der Waals surface area contributed by atoms with Gasteiger partial charge in [-0.15, -0.1) is 0 Å². The van der Waals surface area contributed by atoms with Gasteiger partial charge in [0, 0.05) is 39.8 Å². The molecule has 1 N–H and O–H groups in total. The van der Waals surface area contributed by atoms with Gasteiger partial charge in [-0.2, -0.15) is 0 Å². The van der Waals surface area contributed by atoms with Gasteiger partial charge in [0.05, 0.1) is 34.0 Å². The average molecular weight is 379 g/mol. The molecule has 0 unspecified atom stereocenters. The van der Waals surface area contributed by atoms with Crippen molar-refractivity contribution >= 4 is 5.96 Å². The van der Waals surface area contributed by atoms with Gasteiger partial charge in [0.25, 0.3) is 0 Å². The van der Waals surface area contributed by atoms with E-state index in [4.69, 9.17) is 19.2 Å². The summed E-state index contributed by atoms with van der Waals surface area (Å²) in [6.45, 7) is 9.26. The van der Waals surface area contributed by atoms with Gasteiger partial charge >= 0.3 is 0 Å². The van der Waals surface area contributed by atoms with Crippen LogP contribution < -0.4 is 14.8 Å². The number of hydrogen-bond donors (Lipinski definition) is 1. The van der Waals surface area contributed by atoms with Crippen LogP contribution in [0.2, 0.25) is 0 Å². The van der Waals surface area contributed by atoms with Gasteiger partial charge in [0.1, 0.15) is 0 Å². The van der Waals surface area contributed by atoms with E-state index in [0.717, 1.165) is 76.4 Å². The summed E-state index contributed by atoms with van der Waals surface area (Å²) < 4.78 is 16.1. The van der Waals surface area contributed by atoms with Gasteiger partial charge in [0.15, 0.2) is 17.5 Å². The van der Waals surface area contributed by atoms with E-state index in [1.807, 2.05) is 12.1 Å². The predicted molar refractivity (Wildman–Crippen MR) is 109 cm³/mol. The number of nitrogens with zero attached hydrogens (tertiary/aromatic N) is 3. The minimum Gasteiger partial charge on any atom is -0.493 e. The third-order valence-corrected chi connectivity index (χ3v) is 4.66. The molecule has 0 radical (unpaired) electrons. The molecule has 1 saturated heterocycles. The summed E-state index contributed by atoms with van der Waals surface area (Å²) in [5.41, 5.74) is 1.21. The first-order chi connectivity index (χ1) is 13.2. The van der Waals surface area contributed by atoms with Gasteiger partial charge in [-0.1, -0.05) is 6.07 Å². The highest BCUT2D eigenvalue weighted by atomic mass is 16.5. The SMILES string of the molecule is CCNC(=NCCN1CCOCC1)N(C)CCc1ccc(OC)c(OC)c1. The Hall–Kier alpha value is -1.99. The molecule has 1 heterocycles. The molecule has 7 heteroatoms. The minimum atomic E-state index is 0.757. The molecule has 2 rings (SSSR count). The third-order valence-electron chi connectivity index (χ3n) is 4.66. The maximum absolute atomic E-state index is 5.39. The first-order valence-corrected chi connectivity index (χ1v) is 9.68. The molecule has 27 heavy (non-hydrogen) atoms. The van der Waals surface area contributed by atoms with Crippen LogP contribution in [0.3, 0.4) is 0 Å². The normalized spacial score (nSPS) is 15.5. The van der Waals surface area contributed by atoms with E-state index in [2.05, 4.69) is 35.2 Å². The predicted octanol–water partition coefficient (Wildman–Crippen LogP) is 1.48. The van der Waals surface area contributed by atoms with E-state index in [1.165, 1.54) is 5.56 Å². The Morgan fingerprint density at radius 3 is 2.63 bits per heavy atom. The lowest BCUT2D eigenvalue weighted by Crippen LogP contribution is -2.41. The maximum Gasteiger partial charge on any atom is 0.193 e. The van der Waals surface area contributed by atoms with Crippen LogP contribution in [0.4, 0.5) is 0 Å². The number of morpholine rings is 1. The molecule has 7 nitrogen and oxygen atoms in total. The summed E-state index contributed by atoms with van der Waals surface area (Å²) in [6.07, 6.45) is 0.907. The number of nitrogens with one attached hydrogen (secondary N) is 1. The van der Waals surface area contributed by atoms with Crippen molar-refractivity contribution in [2.75, 3.05) is 73.7 Å². The quantitative estimate of drug-likeness (QED) is 0.519. The zero-order valence-electron chi connectivity index (χ0n) is 17.2. The molecule has 0 aliphatic carbocycles. The van der Waals surface area contributed by atoms with Crippen molar-refractivity contribution in [2.24, 2.45) is 4.99 Å². The van der Waals surface area contributed by atoms with Gasteiger partial charge < -0.3 is 24.4 Å². The van der Waals surface area contributed by atoms with E-state index in [0.29, 0.717) is 0 Å². The first kappa shape index (κ1) is 21.3. The summed E-state index contributed by atoms with van der Waals surface area (Å²) >= 11 is 0. The molecule has 1 aliphatic rings. The third kappa shape index (κ3) is 6.92. The number of guanidine groups is 1. The highest BCUT2D eigenvalue weighted by Crippen LogP contribution is 2.27. The standard InChI is InChI=1S/C20H34N4O3/c1-5-21-20(22-9-11-24-12-14-27-15-13-24)23(2)10-8-17-6-7-18(25-3)19(16-17)26-4/h6-7,16H,5,8-15H2,1-4H3,(H,21,22). The summed E-state index contributed by atoms with van der Waals surface area (Å²) in [5.74, 6) is 2.47.